The van der Waals surface area contributed by atoms with E-state index < -0.39 is 0 Å². The largest absolute Gasteiger partial charge is 0.491 e. The maximum absolute atomic E-state index is 12.7. The Bertz CT molecular complexity index is 582. The van der Waals surface area contributed by atoms with Crippen molar-refractivity contribution in [1.82, 2.24) is 9.80 Å². The number of nitrogens with zero attached hydrogens (tertiary/aromatic N) is 2. The standard InChI is InChI=1S/C20H30N2O3/c1-15(2)25-19-9-4-3-6-16(19)14-20(24)22-12-10-21(11-13-22)17-7-5-8-18(17)23/h3-4,6,9,15,17-18,23H,5,7-8,10-14H2,1-2H3/t17-,18+/m1/s1. The van der Waals surface area contributed by atoms with Crippen LogP contribution in [0.1, 0.15) is 38.7 Å². The first-order chi connectivity index (χ1) is 12.0. The van der Waals surface area contributed by atoms with Crippen LogP contribution in [-0.2, 0) is 11.2 Å². The summed E-state index contributed by atoms with van der Waals surface area (Å²) in [6, 6.07) is 8.09. The second-order valence-corrected chi connectivity index (χ2v) is 7.43. The summed E-state index contributed by atoms with van der Waals surface area (Å²) in [6.07, 6.45) is 3.39. The lowest BCUT2D eigenvalue weighted by Gasteiger charge is -2.39. The average Bonchev–Trinajstić information content (AvgIpc) is 3.02. The van der Waals surface area contributed by atoms with Crippen molar-refractivity contribution in [2.75, 3.05) is 26.2 Å². The summed E-state index contributed by atoms with van der Waals surface area (Å²) >= 11 is 0. The van der Waals surface area contributed by atoms with E-state index in [4.69, 9.17) is 4.74 Å². The zero-order valence-corrected chi connectivity index (χ0v) is 15.4. The minimum absolute atomic E-state index is 0.0950. The van der Waals surface area contributed by atoms with Crippen molar-refractivity contribution >= 4 is 5.91 Å². The normalized spacial score (nSPS) is 24.7. The van der Waals surface area contributed by atoms with Crippen LogP contribution in [0.15, 0.2) is 24.3 Å². The molecule has 1 aliphatic carbocycles. The Labute approximate surface area is 150 Å². The number of hydrogen-bond donors (Lipinski definition) is 1. The molecule has 1 N–H and O–H groups in total. The fraction of sp³-hybridized carbons (Fsp3) is 0.650. The van der Waals surface area contributed by atoms with Gasteiger partial charge in [0.05, 0.1) is 18.6 Å². The predicted octanol–water partition coefficient (Wildman–Crippen LogP) is 2.07. The lowest BCUT2D eigenvalue weighted by Crippen LogP contribution is -2.53. The van der Waals surface area contributed by atoms with Gasteiger partial charge in [0.1, 0.15) is 5.75 Å². The van der Waals surface area contributed by atoms with Crippen molar-refractivity contribution in [1.29, 1.82) is 0 Å². The van der Waals surface area contributed by atoms with Crippen molar-refractivity contribution in [2.45, 2.75) is 57.8 Å². The molecule has 1 saturated heterocycles. The molecule has 5 nitrogen and oxygen atoms in total. The first-order valence-electron chi connectivity index (χ1n) is 9.49. The molecule has 25 heavy (non-hydrogen) atoms. The third-order valence-electron chi connectivity index (χ3n) is 5.26. The van der Waals surface area contributed by atoms with Gasteiger partial charge in [-0.1, -0.05) is 18.2 Å². The van der Waals surface area contributed by atoms with E-state index in [0.717, 1.165) is 56.8 Å². The summed E-state index contributed by atoms with van der Waals surface area (Å²) in [7, 11) is 0. The molecule has 3 rings (SSSR count). The van der Waals surface area contributed by atoms with Crippen molar-refractivity contribution in [3.05, 3.63) is 29.8 Å². The Balaban J connectivity index is 1.55. The topological polar surface area (TPSA) is 53.0 Å². The number of hydrogen-bond acceptors (Lipinski definition) is 4. The van der Waals surface area contributed by atoms with Crippen LogP contribution in [0.3, 0.4) is 0 Å². The third-order valence-corrected chi connectivity index (χ3v) is 5.26. The fourth-order valence-electron chi connectivity index (χ4n) is 3.94. The molecule has 0 bridgehead atoms. The SMILES string of the molecule is CC(C)Oc1ccccc1CC(=O)N1CCN([C@@H]2CCC[C@@H]2O)CC1. The molecule has 1 heterocycles. The highest BCUT2D eigenvalue weighted by molar-refractivity contribution is 5.79. The molecule has 0 radical (unpaired) electrons. The number of ether oxygens (including phenoxy) is 1. The van der Waals surface area contributed by atoms with Gasteiger partial charge in [0.15, 0.2) is 0 Å². The van der Waals surface area contributed by atoms with Crippen LogP contribution in [0.2, 0.25) is 0 Å². The van der Waals surface area contributed by atoms with Crippen molar-refractivity contribution in [3.8, 4) is 5.75 Å². The van der Waals surface area contributed by atoms with Crippen LogP contribution >= 0.6 is 0 Å². The molecule has 5 heteroatoms. The number of para-hydroxylation sites is 1. The van der Waals surface area contributed by atoms with E-state index in [9.17, 15) is 9.90 Å². The highest BCUT2D eigenvalue weighted by Crippen LogP contribution is 2.25. The lowest BCUT2D eigenvalue weighted by atomic mass is 10.1. The van der Waals surface area contributed by atoms with Crippen LogP contribution in [0.25, 0.3) is 0 Å². The molecule has 2 atom stereocenters. The summed E-state index contributed by atoms with van der Waals surface area (Å²) in [6.45, 7) is 7.20. The quantitative estimate of drug-likeness (QED) is 0.887. The second-order valence-electron chi connectivity index (χ2n) is 7.43. The van der Waals surface area contributed by atoms with E-state index in [1.54, 1.807) is 0 Å². The maximum atomic E-state index is 12.7. The van der Waals surface area contributed by atoms with Gasteiger partial charge in [0, 0.05) is 37.8 Å². The van der Waals surface area contributed by atoms with Gasteiger partial charge in [-0.3, -0.25) is 9.69 Å². The molecule has 1 aromatic rings. The van der Waals surface area contributed by atoms with E-state index in [1.165, 1.54) is 0 Å². The molecular formula is C20H30N2O3. The first-order valence-corrected chi connectivity index (χ1v) is 9.49. The minimum Gasteiger partial charge on any atom is -0.491 e. The lowest BCUT2D eigenvalue weighted by molar-refractivity contribution is -0.132. The number of aliphatic hydroxyl groups excluding tert-OH is 1. The monoisotopic (exact) mass is 346 g/mol. The summed E-state index contributed by atoms with van der Waals surface area (Å²) < 4.78 is 5.82. The molecule has 1 aliphatic heterocycles. The number of carbonyl (C=O) groups is 1. The Morgan fingerprint density at radius 3 is 2.56 bits per heavy atom. The van der Waals surface area contributed by atoms with Crippen molar-refractivity contribution in [3.63, 3.8) is 0 Å². The fourth-order valence-corrected chi connectivity index (χ4v) is 3.94. The number of rotatable bonds is 5. The summed E-state index contributed by atoms with van der Waals surface area (Å²) in [5, 5.41) is 10.1. The smallest absolute Gasteiger partial charge is 0.227 e. The molecule has 2 fully saturated rings. The Morgan fingerprint density at radius 1 is 1.20 bits per heavy atom. The maximum Gasteiger partial charge on any atom is 0.227 e. The zero-order valence-electron chi connectivity index (χ0n) is 15.4. The van der Waals surface area contributed by atoms with Gasteiger partial charge in [-0.2, -0.15) is 0 Å². The molecule has 1 aromatic carbocycles. The van der Waals surface area contributed by atoms with Gasteiger partial charge in [-0.15, -0.1) is 0 Å². The van der Waals surface area contributed by atoms with Crippen LogP contribution in [0.5, 0.6) is 5.75 Å². The van der Waals surface area contributed by atoms with Crippen molar-refractivity contribution in [2.24, 2.45) is 0 Å². The van der Waals surface area contributed by atoms with E-state index in [-0.39, 0.29) is 24.2 Å². The highest BCUT2D eigenvalue weighted by atomic mass is 16.5. The van der Waals surface area contributed by atoms with Gasteiger partial charge in [-0.05, 0) is 39.2 Å². The van der Waals surface area contributed by atoms with E-state index in [2.05, 4.69) is 4.90 Å². The van der Waals surface area contributed by atoms with Crippen LogP contribution < -0.4 is 4.74 Å². The predicted molar refractivity (Wildman–Crippen MR) is 97.7 cm³/mol. The van der Waals surface area contributed by atoms with Crippen LogP contribution in [0, 0.1) is 0 Å². The van der Waals surface area contributed by atoms with E-state index in [0.29, 0.717) is 6.42 Å². The number of carbonyl (C=O) groups excluding carboxylic acids is 1. The third kappa shape index (κ3) is 4.53. The second kappa shape index (κ2) is 8.19. The van der Waals surface area contributed by atoms with Gasteiger partial charge < -0.3 is 14.7 Å². The molecular weight excluding hydrogens is 316 g/mol. The molecule has 1 amide bonds. The number of amides is 1. The Morgan fingerprint density at radius 2 is 1.92 bits per heavy atom. The van der Waals surface area contributed by atoms with E-state index >= 15 is 0 Å². The summed E-state index contributed by atoms with van der Waals surface area (Å²) in [5.74, 6) is 0.963. The summed E-state index contributed by atoms with van der Waals surface area (Å²) in [5.41, 5.74) is 0.954. The van der Waals surface area contributed by atoms with Gasteiger partial charge >= 0.3 is 0 Å². The molecule has 0 unspecified atom stereocenters. The number of aliphatic hydroxyl groups is 1. The van der Waals surface area contributed by atoms with Gasteiger partial charge in [0.2, 0.25) is 5.91 Å². The Hall–Kier alpha value is -1.59. The zero-order chi connectivity index (χ0) is 17.8. The minimum atomic E-state index is -0.192. The molecule has 1 saturated carbocycles. The van der Waals surface area contributed by atoms with Crippen LogP contribution in [-0.4, -0.2) is 65.2 Å². The van der Waals surface area contributed by atoms with E-state index in [1.807, 2.05) is 43.0 Å². The van der Waals surface area contributed by atoms with Gasteiger partial charge in [-0.25, -0.2) is 0 Å². The number of benzene rings is 1. The van der Waals surface area contributed by atoms with Crippen molar-refractivity contribution < 1.29 is 14.6 Å². The van der Waals surface area contributed by atoms with Crippen LogP contribution in [0.4, 0.5) is 0 Å². The molecule has 2 aliphatic rings. The van der Waals surface area contributed by atoms with Gasteiger partial charge in [0.25, 0.3) is 0 Å². The first kappa shape index (κ1) is 18.2. The molecule has 0 aromatic heterocycles. The molecule has 138 valence electrons. The molecule has 0 spiro atoms. The highest BCUT2D eigenvalue weighted by Gasteiger charge is 2.33. The Kier molecular flexibility index (Phi) is 5.97. The average molecular weight is 346 g/mol. The number of piperazine rings is 1. The summed E-state index contributed by atoms with van der Waals surface area (Å²) in [4.78, 5) is 17.0.